The van der Waals surface area contributed by atoms with Crippen molar-refractivity contribution in [1.29, 1.82) is 0 Å². The Bertz CT molecular complexity index is 1200. The Balaban J connectivity index is 1.86. The lowest BCUT2D eigenvalue weighted by molar-refractivity contribution is 0.102. The molecule has 156 valence electrons. The summed E-state index contributed by atoms with van der Waals surface area (Å²) in [5, 5.41) is 2.93. The van der Waals surface area contributed by atoms with Gasteiger partial charge in [0.05, 0.1) is 10.6 Å². The van der Waals surface area contributed by atoms with Crippen LogP contribution in [0, 0.1) is 27.7 Å². The topological polar surface area (TPSA) is 66.5 Å². The average Bonchev–Trinajstić information content (AvgIpc) is 2.70. The van der Waals surface area contributed by atoms with Crippen molar-refractivity contribution in [3.05, 3.63) is 88.5 Å². The van der Waals surface area contributed by atoms with Gasteiger partial charge in [0.2, 0.25) is 0 Å². The number of rotatable bonds is 5. The highest BCUT2D eigenvalue weighted by atomic mass is 32.2. The molecule has 0 aliphatic heterocycles. The monoisotopic (exact) mass is 422 g/mol. The van der Waals surface area contributed by atoms with Crippen molar-refractivity contribution in [2.24, 2.45) is 0 Å². The number of carbonyl (C=O) groups excluding carboxylic acids is 1. The second-order valence-corrected chi connectivity index (χ2v) is 9.53. The first kappa shape index (κ1) is 21.6. The van der Waals surface area contributed by atoms with Crippen LogP contribution in [0.25, 0.3) is 0 Å². The quantitative estimate of drug-likeness (QED) is 0.629. The van der Waals surface area contributed by atoms with Gasteiger partial charge in [-0.3, -0.25) is 9.10 Å². The molecule has 0 aromatic heterocycles. The first-order valence-electron chi connectivity index (χ1n) is 9.64. The highest BCUT2D eigenvalue weighted by molar-refractivity contribution is 7.92. The van der Waals surface area contributed by atoms with Crippen molar-refractivity contribution in [3.63, 3.8) is 0 Å². The summed E-state index contributed by atoms with van der Waals surface area (Å²) in [4.78, 5) is 12.9. The Kier molecular flexibility index (Phi) is 5.99. The van der Waals surface area contributed by atoms with Crippen LogP contribution in [-0.2, 0) is 10.0 Å². The van der Waals surface area contributed by atoms with Crippen LogP contribution in [0.5, 0.6) is 0 Å². The fraction of sp³-hybridized carbons (Fsp3) is 0.208. The number of sulfonamides is 1. The van der Waals surface area contributed by atoms with Crippen LogP contribution in [-0.4, -0.2) is 21.4 Å². The minimum atomic E-state index is -3.69. The molecule has 0 atom stereocenters. The standard InChI is InChI=1S/C24H26N2O3S/c1-16-7-11-21(12-8-16)30(28,29)26(5)23-13-10-20(15-19(23)4)24(27)25-22-14-17(2)6-9-18(22)3/h6-15H,1-5H3,(H,25,27). The van der Waals surface area contributed by atoms with Crippen LogP contribution in [0.4, 0.5) is 11.4 Å². The van der Waals surface area contributed by atoms with Gasteiger partial charge in [0, 0.05) is 18.3 Å². The van der Waals surface area contributed by atoms with Gasteiger partial charge in [-0.1, -0.05) is 29.8 Å². The zero-order valence-electron chi connectivity index (χ0n) is 17.9. The number of benzene rings is 3. The molecule has 1 N–H and O–H groups in total. The lowest BCUT2D eigenvalue weighted by atomic mass is 10.1. The molecule has 3 aromatic carbocycles. The summed E-state index contributed by atoms with van der Waals surface area (Å²) in [5.74, 6) is -0.234. The summed E-state index contributed by atoms with van der Waals surface area (Å²) >= 11 is 0. The first-order valence-corrected chi connectivity index (χ1v) is 11.1. The van der Waals surface area contributed by atoms with E-state index in [0.717, 1.165) is 22.4 Å². The van der Waals surface area contributed by atoms with E-state index in [4.69, 9.17) is 0 Å². The fourth-order valence-electron chi connectivity index (χ4n) is 3.21. The van der Waals surface area contributed by atoms with E-state index in [9.17, 15) is 13.2 Å². The third-order valence-electron chi connectivity index (χ3n) is 5.12. The number of amides is 1. The van der Waals surface area contributed by atoms with E-state index in [1.165, 1.54) is 11.4 Å². The maximum absolute atomic E-state index is 13.0. The number of nitrogens with zero attached hydrogens (tertiary/aromatic N) is 1. The second-order valence-electron chi connectivity index (χ2n) is 7.56. The summed E-state index contributed by atoms with van der Waals surface area (Å²) in [5.41, 5.74) is 5.49. The van der Waals surface area contributed by atoms with Crippen LogP contribution in [0.2, 0.25) is 0 Å². The number of hydrogen-bond acceptors (Lipinski definition) is 3. The van der Waals surface area contributed by atoms with Crippen LogP contribution in [0.3, 0.4) is 0 Å². The molecule has 0 heterocycles. The third kappa shape index (κ3) is 4.39. The molecule has 30 heavy (non-hydrogen) atoms. The van der Waals surface area contributed by atoms with E-state index in [1.54, 1.807) is 49.4 Å². The molecule has 0 unspecified atom stereocenters. The summed E-state index contributed by atoms with van der Waals surface area (Å²) in [6, 6.07) is 17.6. The lowest BCUT2D eigenvalue weighted by Crippen LogP contribution is -2.27. The van der Waals surface area contributed by atoms with Gasteiger partial charge in [0.25, 0.3) is 15.9 Å². The predicted molar refractivity (Wildman–Crippen MR) is 122 cm³/mol. The molecule has 0 fully saturated rings. The third-order valence-corrected chi connectivity index (χ3v) is 6.90. The number of anilines is 2. The van der Waals surface area contributed by atoms with Gasteiger partial charge in [0.15, 0.2) is 0 Å². The van der Waals surface area contributed by atoms with E-state index < -0.39 is 10.0 Å². The largest absolute Gasteiger partial charge is 0.322 e. The minimum Gasteiger partial charge on any atom is -0.322 e. The van der Waals surface area contributed by atoms with Gasteiger partial charge in [-0.15, -0.1) is 0 Å². The van der Waals surface area contributed by atoms with Crippen LogP contribution in [0.15, 0.2) is 65.6 Å². The van der Waals surface area contributed by atoms with Gasteiger partial charge in [-0.05, 0) is 80.8 Å². The molecule has 3 rings (SSSR count). The predicted octanol–water partition coefficient (Wildman–Crippen LogP) is 5.00. The summed E-state index contributed by atoms with van der Waals surface area (Å²) in [6.07, 6.45) is 0. The molecule has 1 amide bonds. The van der Waals surface area contributed by atoms with E-state index >= 15 is 0 Å². The Hall–Kier alpha value is -3.12. The van der Waals surface area contributed by atoms with Crippen LogP contribution < -0.4 is 9.62 Å². The van der Waals surface area contributed by atoms with Crippen molar-refractivity contribution < 1.29 is 13.2 Å². The Morgan fingerprint density at radius 1 is 0.800 bits per heavy atom. The molecule has 5 nitrogen and oxygen atoms in total. The summed E-state index contributed by atoms with van der Waals surface area (Å²) in [6.45, 7) is 7.62. The van der Waals surface area contributed by atoms with Gasteiger partial charge >= 0.3 is 0 Å². The average molecular weight is 423 g/mol. The maximum atomic E-state index is 13.0. The van der Waals surface area contributed by atoms with Crippen LogP contribution >= 0.6 is 0 Å². The normalized spacial score (nSPS) is 11.2. The molecule has 0 aliphatic rings. The highest BCUT2D eigenvalue weighted by Gasteiger charge is 2.23. The number of aryl methyl sites for hydroxylation is 4. The molecule has 6 heteroatoms. The van der Waals surface area contributed by atoms with Crippen molar-refractivity contribution in [2.75, 3.05) is 16.7 Å². The molecule has 0 saturated carbocycles. The molecule has 0 bridgehead atoms. The molecule has 0 spiro atoms. The first-order chi connectivity index (χ1) is 14.1. The number of carbonyl (C=O) groups is 1. The molecule has 3 aromatic rings. The van der Waals surface area contributed by atoms with E-state index in [0.29, 0.717) is 16.8 Å². The Morgan fingerprint density at radius 3 is 2.07 bits per heavy atom. The molecular weight excluding hydrogens is 396 g/mol. The Morgan fingerprint density at radius 2 is 1.43 bits per heavy atom. The zero-order chi connectivity index (χ0) is 22.1. The molecule has 0 radical (unpaired) electrons. The second kappa shape index (κ2) is 8.32. The number of nitrogens with one attached hydrogen (secondary N) is 1. The maximum Gasteiger partial charge on any atom is 0.264 e. The van der Waals surface area contributed by atoms with E-state index in [2.05, 4.69) is 5.32 Å². The summed E-state index contributed by atoms with van der Waals surface area (Å²) in [7, 11) is -2.17. The smallest absolute Gasteiger partial charge is 0.264 e. The van der Waals surface area contributed by atoms with Crippen molar-refractivity contribution >= 4 is 27.3 Å². The van der Waals surface area contributed by atoms with E-state index in [1.807, 2.05) is 39.0 Å². The molecule has 0 aliphatic carbocycles. The van der Waals surface area contributed by atoms with Crippen molar-refractivity contribution in [3.8, 4) is 0 Å². The summed E-state index contributed by atoms with van der Waals surface area (Å²) < 4.78 is 27.2. The zero-order valence-corrected chi connectivity index (χ0v) is 18.7. The van der Waals surface area contributed by atoms with Gasteiger partial charge in [-0.25, -0.2) is 8.42 Å². The molecular formula is C24H26N2O3S. The van der Waals surface area contributed by atoms with Gasteiger partial charge in [-0.2, -0.15) is 0 Å². The number of hydrogen-bond donors (Lipinski definition) is 1. The lowest BCUT2D eigenvalue weighted by Gasteiger charge is -2.22. The Labute approximate surface area is 178 Å². The highest BCUT2D eigenvalue weighted by Crippen LogP contribution is 2.27. The van der Waals surface area contributed by atoms with Gasteiger partial charge < -0.3 is 5.32 Å². The van der Waals surface area contributed by atoms with Crippen LogP contribution in [0.1, 0.15) is 32.6 Å². The molecule has 0 saturated heterocycles. The van der Waals surface area contributed by atoms with Gasteiger partial charge in [0.1, 0.15) is 0 Å². The van der Waals surface area contributed by atoms with E-state index in [-0.39, 0.29) is 10.8 Å². The SMILES string of the molecule is Cc1ccc(S(=O)(=O)N(C)c2ccc(C(=O)Nc3cc(C)ccc3C)cc2C)cc1. The fourth-order valence-corrected chi connectivity index (χ4v) is 4.47. The minimum absolute atomic E-state index is 0.228. The van der Waals surface area contributed by atoms with Crippen molar-refractivity contribution in [1.82, 2.24) is 0 Å². The van der Waals surface area contributed by atoms with Crippen molar-refractivity contribution in [2.45, 2.75) is 32.6 Å².